The van der Waals surface area contributed by atoms with E-state index in [-0.39, 0.29) is 5.91 Å². The van der Waals surface area contributed by atoms with Crippen LogP contribution in [0.3, 0.4) is 0 Å². The predicted octanol–water partition coefficient (Wildman–Crippen LogP) is 2.65. The summed E-state index contributed by atoms with van der Waals surface area (Å²) in [6.45, 7) is 2.91. The fraction of sp³-hybridized carbons (Fsp3) is 0.462. The van der Waals surface area contributed by atoms with Crippen LogP contribution in [0.1, 0.15) is 36.5 Å². The summed E-state index contributed by atoms with van der Waals surface area (Å²) in [4.78, 5) is 11.7. The van der Waals surface area contributed by atoms with Crippen molar-refractivity contribution in [2.45, 2.75) is 26.2 Å². The lowest BCUT2D eigenvalue weighted by molar-refractivity contribution is 0.0953. The zero-order valence-electron chi connectivity index (χ0n) is 10.0. The Hall–Kier alpha value is -1.51. The lowest BCUT2D eigenvalue weighted by Gasteiger charge is -2.06. The molecule has 0 spiro atoms. The van der Waals surface area contributed by atoms with Gasteiger partial charge in [0.25, 0.3) is 5.91 Å². The van der Waals surface area contributed by atoms with Crippen LogP contribution in [0.5, 0.6) is 0 Å². The smallest absolute Gasteiger partial charge is 0.251 e. The van der Waals surface area contributed by atoms with Crippen molar-refractivity contribution in [3.63, 3.8) is 0 Å². The molecule has 0 fully saturated rings. The van der Waals surface area contributed by atoms with E-state index in [1.807, 2.05) is 31.3 Å². The van der Waals surface area contributed by atoms with Gasteiger partial charge in [-0.25, -0.2) is 0 Å². The molecule has 0 aliphatic carbocycles. The molecular weight excluding hydrogens is 200 g/mol. The first kappa shape index (κ1) is 12.6. The fourth-order valence-electron chi connectivity index (χ4n) is 1.49. The molecule has 1 amide bonds. The van der Waals surface area contributed by atoms with Crippen molar-refractivity contribution in [1.82, 2.24) is 5.32 Å². The lowest BCUT2D eigenvalue weighted by atomic mass is 10.2. The van der Waals surface area contributed by atoms with Crippen molar-refractivity contribution in [1.29, 1.82) is 0 Å². The minimum Gasteiger partial charge on any atom is -0.388 e. The number of unbranched alkanes of at least 4 members (excludes halogenated alkanes) is 2. The molecule has 1 aromatic carbocycles. The van der Waals surface area contributed by atoms with Gasteiger partial charge < -0.3 is 10.6 Å². The summed E-state index contributed by atoms with van der Waals surface area (Å²) in [6, 6.07) is 7.51. The minimum absolute atomic E-state index is 0.00760. The Balaban J connectivity index is 2.46. The number of carbonyl (C=O) groups is 1. The molecule has 0 atom stereocenters. The molecule has 0 bridgehead atoms. The van der Waals surface area contributed by atoms with Gasteiger partial charge in [0.2, 0.25) is 0 Å². The maximum Gasteiger partial charge on any atom is 0.251 e. The molecule has 0 saturated carbocycles. The van der Waals surface area contributed by atoms with E-state index in [2.05, 4.69) is 17.6 Å². The van der Waals surface area contributed by atoms with E-state index < -0.39 is 0 Å². The average Bonchev–Trinajstić information content (AvgIpc) is 2.34. The van der Waals surface area contributed by atoms with Crippen LogP contribution in [0.4, 0.5) is 5.69 Å². The van der Waals surface area contributed by atoms with Gasteiger partial charge in [-0.2, -0.15) is 0 Å². The number of amides is 1. The number of hydrogen-bond acceptors (Lipinski definition) is 2. The monoisotopic (exact) mass is 220 g/mol. The van der Waals surface area contributed by atoms with E-state index in [1.165, 1.54) is 6.42 Å². The van der Waals surface area contributed by atoms with E-state index in [1.54, 1.807) is 0 Å². The van der Waals surface area contributed by atoms with Crippen LogP contribution in [0, 0.1) is 0 Å². The summed E-state index contributed by atoms with van der Waals surface area (Å²) < 4.78 is 0. The van der Waals surface area contributed by atoms with Crippen LogP contribution < -0.4 is 10.6 Å². The Morgan fingerprint density at radius 3 is 2.81 bits per heavy atom. The molecule has 0 aliphatic heterocycles. The molecule has 0 unspecified atom stereocenters. The largest absolute Gasteiger partial charge is 0.388 e. The van der Waals surface area contributed by atoms with Gasteiger partial charge in [-0.15, -0.1) is 0 Å². The van der Waals surface area contributed by atoms with E-state index in [9.17, 15) is 4.79 Å². The van der Waals surface area contributed by atoms with Crippen molar-refractivity contribution in [3.8, 4) is 0 Å². The number of hydrogen-bond donors (Lipinski definition) is 2. The molecule has 2 N–H and O–H groups in total. The number of nitrogens with one attached hydrogen (secondary N) is 2. The zero-order valence-corrected chi connectivity index (χ0v) is 10.0. The number of anilines is 1. The van der Waals surface area contributed by atoms with Gasteiger partial charge in [-0.05, 0) is 24.6 Å². The number of carbonyl (C=O) groups excluding carboxylic acids is 1. The van der Waals surface area contributed by atoms with Gasteiger partial charge >= 0.3 is 0 Å². The summed E-state index contributed by atoms with van der Waals surface area (Å²) in [5, 5.41) is 5.94. The Morgan fingerprint density at radius 1 is 1.31 bits per heavy atom. The SMILES string of the molecule is CCCCCNC(=O)c1cccc(NC)c1. The second-order valence-electron chi connectivity index (χ2n) is 3.79. The van der Waals surface area contributed by atoms with Crippen LogP contribution in [0.25, 0.3) is 0 Å². The Kier molecular flexibility index (Phi) is 5.40. The quantitative estimate of drug-likeness (QED) is 0.724. The van der Waals surface area contributed by atoms with E-state index in [4.69, 9.17) is 0 Å². The van der Waals surface area contributed by atoms with Crippen molar-refractivity contribution in [3.05, 3.63) is 29.8 Å². The first-order valence-corrected chi connectivity index (χ1v) is 5.84. The third-order valence-electron chi connectivity index (χ3n) is 2.48. The molecule has 16 heavy (non-hydrogen) atoms. The standard InChI is InChI=1S/C13H20N2O/c1-3-4-5-9-15-13(16)11-7-6-8-12(10-11)14-2/h6-8,10,14H,3-5,9H2,1-2H3,(H,15,16). The molecule has 0 saturated heterocycles. The highest BCUT2D eigenvalue weighted by Gasteiger charge is 2.04. The number of benzene rings is 1. The summed E-state index contributed by atoms with van der Waals surface area (Å²) in [7, 11) is 1.85. The maximum absolute atomic E-state index is 11.7. The van der Waals surface area contributed by atoms with Crippen molar-refractivity contribution < 1.29 is 4.79 Å². The molecule has 0 aliphatic rings. The molecule has 3 heteroatoms. The molecule has 3 nitrogen and oxygen atoms in total. The highest BCUT2D eigenvalue weighted by Crippen LogP contribution is 2.09. The zero-order chi connectivity index (χ0) is 11.8. The van der Waals surface area contributed by atoms with E-state index >= 15 is 0 Å². The fourth-order valence-corrected chi connectivity index (χ4v) is 1.49. The van der Waals surface area contributed by atoms with E-state index in [0.29, 0.717) is 5.56 Å². The second-order valence-corrected chi connectivity index (χ2v) is 3.79. The summed E-state index contributed by atoms with van der Waals surface area (Å²) in [6.07, 6.45) is 3.38. The number of rotatable bonds is 6. The van der Waals surface area contributed by atoms with Crippen LogP contribution in [-0.2, 0) is 0 Å². The van der Waals surface area contributed by atoms with Gasteiger partial charge in [-0.1, -0.05) is 25.8 Å². The third-order valence-corrected chi connectivity index (χ3v) is 2.48. The van der Waals surface area contributed by atoms with Gasteiger partial charge in [0.1, 0.15) is 0 Å². The average molecular weight is 220 g/mol. The van der Waals surface area contributed by atoms with Crippen LogP contribution in [-0.4, -0.2) is 19.5 Å². The molecule has 0 heterocycles. The molecule has 1 rings (SSSR count). The van der Waals surface area contributed by atoms with E-state index in [0.717, 1.165) is 25.1 Å². The second kappa shape index (κ2) is 6.88. The molecule has 0 radical (unpaired) electrons. The normalized spacial score (nSPS) is 9.88. The molecule has 88 valence electrons. The first-order chi connectivity index (χ1) is 7.77. The summed E-state index contributed by atoms with van der Waals surface area (Å²) >= 11 is 0. The molecule has 0 aromatic heterocycles. The van der Waals surface area contributed by atoms with Gasteiger partial charge in [0.15, 0.2) is 0 Å². The first-order valence-electron chi connectivity index (χ1n) is 5.84. The molecular formula is C13H20N2O. The Labute approximate surface area is 97.2 Å². The Morgan fingerprint density at radius 2 is 2.12 bits per heavy atom. The summed E-state index contributed by atoms with van der Waals surface area (Å²) in [5.74, 6) is 0.00760. The summed E-state index contributed by atoms with van der Waals surface area (Å²) in [5.41, 5.74) is 1.67. The predicted molar refractivity (Wildman–Crippen MR) is 67.8 cm³/mol. The van der Waals surface area contributed by atoms with Gasteiger partial charge in [0, 0.05) is 24.8 Å². The maximum atomic E-state index is 11.7. The van der Waals surface area contributed by atoms with Gasteiger partial charge in [-0.3, -0.25) is 4.79 Å². The van der Waals surface area contributed by atoms with Crippen LogP contribution in [0.15, 0.2) is 24.3 Å². The van der Waals surface area contributed by atoms with Crippen LogP contribution in [0.2, 0.25) is 0 Å². The highest BCUT2D eigenvalue weighted by atomic mass is 16.1. The molecule has 1 aromatic rings. The third kappa shape index (κ3) is 3.93. The minimum atomic E-state index is 0.00760. The van der Waals surface area contributed by atoms with Crippen molar-refractivity contribution in [2.75, 3.05) is 18.9 Å². The van der Waals surface area contributed by atoms with Crippen LogP contribution >= 0.6 is 0 Å². The van der Waals surface area contributed by atoms with Crippen molar-refractivity contribution >= 4 is 11.6 Å². The highest BCUT2D eigenvalue weighted by molar-refractivity contribution is 5.95. The van der Waals surface area contributed by atoms with Gasteiger partial charge in [0.05, 0.1) is 0 Å². The van der Waals surface area contributed by atoms with Crippen molar-refractivity contribution in [2.24, 2.45) is 0 Å². The lowest BCUT2D eigenvalue weighted by Crippen LogP contribution is -2.24. The topological polar surface area (TPSA) is 41.1 Å². The Bertz CT molecular complexity index is 336.